The van der Waals surface area contributed by atoms with Crippen LogP contribution >= 0.6 is 0 Å². The van der Waals surface area contributed by atoms with Crippen LogP contribution < -0.4 is 5.32 Å². The molecule has 0 aromatic heterocycles. The molecule has 7 heteroatoms. The monoisotopic (exact) mass is 629 g/mol. The summed E-state index contributed by atoms with van der Waals surface area (Å²) in [6.45, 7) is 2.83. The molecule has 1 unspecified atom stereocenters. The normalized spacial score (nSPS) is 17.9. The van der Waals surface area contributed by atoms with Crippen molar-refractivity contribution in [2.45, 2.75) is 56.2 Å². The van der Waals surface area contributed by atoms with E-state index in [1.54, 1.807) is 0 Å². The molecule has 0 radical (unpaired) electrons. The number of carbonyl (C=O) groups is 3. The van der Waals surface area contributed by atoms with Crippen LogP contribution in [0.15, 0.2) is 121 Å². The number of hydrogen-bond acceptors (Lipinski definition) is 5. The molecule has 4 aromatic carbocycles. The van der Waals surface area contributed by atoms with Crippen molar-refractivity contribution in [2.24, 2.45) is 0 Å². The van der Waals surface area contributed by atoms with E-state index >= 15 is 0 Å². The zero-order valence-corrected chi connectivity index (χ0v) is 26.8. The molecule has 0 aliphatic carbocycles. The van der Waals surface area contributed by atoms with Crippen molar-refractivity contribution < 1.29 is 19.1 Å². The standard InChI is InChI=1S/C40H43N3O4/c44-37(47-30-32-16-7-2-8-17-32)28-36-38(45)43(29-35(33-19-9-3-10-20-33)34-21-11-4-12-22-34)40(39(46)41-36)23-26-42(27-24-40)25-13-18-31-14-5-1-6-15-31/h1-12,14-17,19-22,35-36H,13,18,23-30H2,(H,41,46). The van der Waals surface area contributed by atoms with Crippen molar-refractivity contribution in [2.75, 3.05) is 26.2 Å². The Bertz CT molecular complexity index is 1570. The molecular formula is C40H43N3O4. The zero-order valence-electron chi connectivity index (χ0n) is 26.8. The SMILES string of the molecule is O=C(CC1NC(=O)C2(CCN(CCCc3ccccc3)CC2)N(CC(c2ccccc2)c2ccccc2)C1=O)OCc1ccccc1. The molecule has 2 fully saturated rings. The van der Waals surface area contributed by atoms with Gasteiger partial charge in [0.1, 0.15) is 18.2 Å². The highest BCUT2D eigenvalue weighted by atomic mass is 16.5. The molecule has 1 N–H and O–H groups in total. The van der Waals surface area contributed by atoms with Crippen LogP contribution in [0.3, 0.4) is 0 Å². The Morgan fingerprint density at radius 1 is 0.766 bits per heavy atom. The van der Waals surface area contributed by atoms with Gasteiger partial charge in [0.05, 0.1) is 6.42 Å². The molecule has 242 valence electrons. The average molecular weight is 630 g/mol. The van der Waals surface area contributed by atoms with E-state index in [2.05, 4.69) is 58.7 Å². The van der Waals surface area contributed by atoms with Crippen LogP contribution in [-0.2, 0) is 32.1 Å². The lowest BCUT2D eigenvalue weighted by Gasteiger charge is -2.52. The first-order chi connectivity index (χ1) is 23.0. The topological polar surface area (TPSA) is 79.0 Å². The molecule has 7 nitrogen and oxygen atoms in total. The van der Waals surface area contributed by atoms with E-state index in [0.717, 1.165) is 49.2 Å². The van der Waals surface area contributed by atoms with Crippen LogP contribution in [0.4, 0.5) is 0 Å². The minimum Gasteiger partial charge on any atom is -0.461 e. The fraction of sp³-hybridized carbons (Fsp3) is 0.325. The van der Waals surface area contributed by atoms with Crippen LogP contribution in [-0.4, -0.2) is 65.3 Å². The summed E-state index contributed by atoms with van der Waals surface area (Å²) in [5.74, 6) is -1.06. The van der Waals surface area contributed by atoms with E-state index in [-0.39, 0.29) is 30.8 Å². The van der Waals surface area contributed by atoms with E-state index in [1.807, 2.05) is 77.7 Å². The number of nitrogens with one attached hydrogen (secondary N) is 1. The van der Waals surface area contributed by atoms with Gasteiger partial charge in [0.2, 0.25) is 11.8 Å². The highest BCUT2D eigenvalue weighted by Gasteiger charge is 2.54. The quantitative estimate of drug-likeness (QED) is 0.202. The summed E-state index contributed by atoms with van der Waals surface area (Å²) >= 11 is 0. The summed E-state index contributed by atoms with van der Waals surface area (Å²) in [5, 5.41) is 2.97. The third kappa shape index (κ3) is 7.80. The molecular weight excluding hydrogens is 586 g/mol. The van der Waals surface area contributed by atoms with Gasteiger partial charge in [0.25, 0.3) is 0 Å². The first-order valence-electron chi connectivity index (χ1n) is 16.7. The number of piperazine rings is 1. The van der Waals surface area contributed by atoms with E-state index in [4.69, 9.17) is 4.74 Å². The number of nitrogens with zero attached hydrogens (tertiary/aromatic N) is 2. The van der Waals surface area contributed by atoms with Crippen molar-refractivity contribution in [3.05, 3.63) is 144 Å². The first-order valence-corrected chi connectivity index (χ1v) is 16.7. The Morgan fingerprint density at radius 2 is 1.30 bits per heavy atom. The van der Waals surface area contributed by atoms with E-state index in [9.17, 15) is 14.4 Å². The lowest BCUT2D eigenvalue weighted by molar-refractivity contribution is -0.164. The van der Waals surface area contributed by atoms with Crippen molar-refractivity contribution in [1.29, 1.82) is 0 Å². The molecule has 0 saturated carbocycles. The van der Waals surface area contributed by atoms with Crippen molar-refractivity contribution in [3.8, 4) is 0 Å². The highest BCUT2D eigenvalue weighted by Crippen LogP contribution is 2.37. The molecule has 4 aromatic rings. The Kier molecular flexibility index (Phi) is 10.4. The van der Waals surface area contributed by atoms with Gasteiger partial charge in [0, 0.05) is 25.6 Å². The largest absolute Gasteiger partial charge is 0.461 e. The predicted molar refractivity (Wildman–Crippen MR) is 182 cm³/mol. The second kappa shape index (κ2) is 15.2. The third-order valence-corrected chi connectivity index (χ3v) is 9.66. The Morgan fingerprint density at radius 3 is 1.87 bits per heavy atom. The minimum absolute atomic E-state index is 0.117. The van der Waals surface area contributed by atoms with Crippen molar-refractivity contribution in [3.63, 3.8) is 0 Å². The number of hydrogen-bond donors (Lipinski definition) is 1. The van der Waals surface area contributed by atoms with Gasteiger partial charge in [-0.05, 0) is 54.5 Å². The van der Waals surface area contributed by atoms with E-state index in [0.29, 0.717) is 19.4 Å². The predicted octanol–water partition coefficient (Wildman–Crippen LogP) is 5.75. The number of piperidine rings is 1. The summed E-state index contributed by atoms with van der Waals surface area (Å²) < 4.78 is 5.52. The van der Waals surface area contributed by atoms with Gasteiger partial charge in [-0.15, -0.1) is 0 Å². The van der Waals surface area contributed by atoms with Gasteiger partial charge in [0.15, 0.2) is 0 Å². The number of aryl methyl sites for hydroxylation is 1. The van der Waals surface area contributed by atoms with Crippen LogP contribution in [0.25, 0.3) is 0 Å². The molecule has 2 aliphatic heterocycles. The second-order valence-corrected chi connectivity index (χ2v) is 12.7. The molecule has 2 saturated heterocycles. The number of esters is 1. The van der Waals surface area contributed by atoms with Gasteiger partial charge < -0.3 is 19.9 Å². The minimum atomic E-state index is -0.987. The van der Waals surface area contributed by atoms with Crippen molar-refractivity contribution >= 4 is 17.8 Å². The molecule has 0 bridgehead atoms. The lowest BCUT2D eigenvalue weighted by atomic mass is 9.79. The lowest BCUT2D eigenvalue weighted by Crippen LogP contribution is -2.73. The summed E-state index contributed by atoms with van der Waals surface area (Å²) in [6, 6.07) is 39.2. The van der Waals surface area contributed by atoms with Crippen LogP contribution in [0.5, 0.6) is 0 Å². The van der Waals surface area contributed by atoms with Gasteiger partial charge in [-0.2, -0.15) is 0 Å². The van der Waals surface area contributed by atoms with E-state index in [1.165, 1.54) is 5.56 Å². The summed E-state index contributed by atoms with van der Waals surface area (Å²) in [5.41, 5.74) is 3.35. The third-order valence-electron chi connectivity index (χ3n) is 9.66. The maximum absolute atomic E-state index is 14.5. The number of rotatable bonds is 12. The fourth-order valence-electron chi connectivity index (χ4n) is 6.99. The Labute approximate surface area is 277 Å². The maximum Gasteiger partial charge on any atom is 0.308 e. The smallest absolute Gasteiger partial charge is 0.308 e. The molecule has 2 amide bonds. The highest BCUT2D eigenvalue weighted by molar-refractivity contribution is 6.01. The number of ether oxygens (including phenoxy) is 1. The van der Waals surface area contributed by atoms with Crippen LogP contribution in [0, 0.1) is 0 Å². The van der Waals surface area contributed by atoms with Gasteiger partial charge in [-0.3, -0.25) is 14.4 Å². The number of likely N-dealkylation sites (tertiary alicyclic amines) is 1. The molecule has 2 aliphatic rings. The zero-order chi connectivity index (χ0) is 32.5. The van der Waals surface area contributed by atoms with Gasteiger partial charge in [-0.1, -0.05) is 121 Å². The molecule has 6 rings (SSSR count). The Balaban J connectivity index is 1.21. The Hall–Kier alpha value is -4.75. The fourth-order valence-corrected chi connectivity index (χ4v) is 6.99. The number of amides is 2. The first kappa shape index (κ1) is 32.2. The number of benzene rings is 4. The van der Waals surface area contributed by atoms with Crippen LogP contribution in [0.2, 0.25) is 0 Å². The van der Waals surface area contributed by atoms with E-state index < -0.39 is 17.6 Å². The molecule has 1 atom stereocenters. The summed E-state index contributed by atoms with van der Waals surface area (Å²) in [7, 11) is 0. The van der Waals surface area contributed by atoms with Crippen LogP contribution in [0.1, 0.15) is 53.9 Å². The second-order valence-electron chi connectivity index (χ2n) is 12.7. The molecule has 1 spiro atoms. The van der Waals surface area contributed by atoms with Gasteiger partial charge >= 0.3 is 5.97 Å². The van der Waals surface area contributed by atoms with Crippen molar-refractivity contribution in [1.82, 2.24) is 15.1 Å². The maximum atomic E-state index is 14.5. The average Bonchev–Trinajstić information content (AvgIpc) is 3.12. The molecule has 2 heterocycles. The summed E-state index contributed by atoms with van der Waals surface area (Å²) in [4.78, 5) is 45.8. The number of carbonyl (C=O) groups excluding carboxylic acids is 3. The summed E-state index contributed by atoms with van der Waals surface area (Å²) in [6.07, 6.45) is 2.90. The van der Waals surface area contributed by atoms with Gasteiger partial charge in [-0.25, -0.2) is 0 Å². The molecule has 47 heavy (non-hydrogen) atoms.